The second kappa shape index (κ2) is 17.6. The molecule has 9 rings (SSSR count). The largest absolute Gasteiger partial charge is 3.00 e. The maximum atomic E-state index is 14.6. The van der Waals surface area contributed by atoms with Gasteiger partial charge in [0.05, 0.1) is 8.32 Å². The molecule has 0 unspecified atom stereocenters. The van der Waals surface area contributed by atoms with Crippen LogP contribution in [0.5, 0.6) is 0 Å². The molecule has 0 N–H and O–H groups in total. The van der Waals surface area contributed by atoms with Crippen LogP contribution in [0.25, 0.3) is 55.7 Å². The zero-order valence-electron chi connectivity index (χ0n) is 47.2. The fourth-order valence-electron chi connectivity index (χ4n) is 6.10. The van der Waals surface area contributed by atoms with E-state index in [1.165, 1.54) is 36.4 Å². The van der Waals surface area contributed by atoms with Crippen LogP contribution in [0.3, 0.4) is 0 Å². The van der Waals surface area contributed by atoms with E-state index in [9.17, 15) is 20.8 Å². The van der Waals surface area contributed by atoms with Gasteiger partial charge in [-0.25, -0.2) is 4.39 Å². The summed E-state index contributed by atoms with van der Waals surface area (Å²) in [6.07, 6.45) is -16.4. The normalized spacial score (nSPS) is 17.2. The molecule has 0 radical (unpaired) electrons. The van der Waals surface area contributed by atoms with Gasteiger partial charge in [0.25, 0.3) is 0 Å². The minimum atomic E-state index is -3.41. The average molecular weight is 950 g/mol. The van der Waals surface area contributed by atoms with Gasteiger partial charge in [-0.1, -0.05) is 65.0 Å². The minimum absolute atomic E-state index is 0. The summed E-state index contributed by atoms with van der Waals surface area (Å²) in [7, 11) is 0. The predicted molar refractivity (Wildman–Crippen MR) is 226 cm³/mol. The van der Waals surface area contributed by atoms with E-state index < -0.39 is 90.8 Å². The van der Waals surface area contributed by atoms with Crippen molar-refractivity contribution in [2.75, 3.05) is 0 Å². The van der Waals surface area contributed by atoms with Gasteiger partial charge in [0, 0.05) is 50.6 Å². The molecule has 4 nitrogen and oxygen atoms in total. The molecule has 5 aromatic carbocycles. The van der Waals surface area contributed by atoms with E-state index in [0.717, 1.165) is 42.9 Å². The van der Waals surface area contributed by atoms with Crippen molar-refractivity contribution in [3.8, 4) is 33.8 Å². The Morgan fingerprint density at radius 3 is 1.86 bits per heavy atom. The van der Waals surface area contributed by atoms with Crippen molar-refractivity contribution in [1.29, 1.82) is 0 Å². The summed E-state index contributed by atoms with van der Waals surface area (Å²) < 4.78 is 174. The number of furan rings is 1. The van der Waals surface area contributed by atoms with E-state index in [-0.39, 0.29) is 64.7 Å². The summed E-state index contributed by atoms with van der Waals surface area (Å²) >= 11 is 0. The van der Waals surface area contributed by atoms with E-state index in [0.29, 0.717) is 22.2 Å². The fraction of sp³-hybridized carbons (Fsp3) is 0.135. The van der Waals surface area contributed by atoms with Crippen molar-refractivity contribution in [2.45, 2.75) is 45.1 Å². The Bertz CT molecular complexity index is 3600. The summed E-state index contributed by atoms with van der Waals surface area (Å²) in [5, 5.41) is 0.695. The van der Waals surface area contributed by atoms with Crippen LogP contribution in [0.1, 0.15) is 62.2 Å². The topological polar surface area (TPSA) is 51.8 Å². The zero-order valence-corrected chi connectivity index (χ0v) is 32.6. The quantitative estimate of drug-likeness (QED) is 0.115. The van der Waals surface area contributed by atoms with Gasteiger partial charge in [0.2, 0.25) is 0 Å². The van der Waals surface area contributed by atoms with Crippen molar-refractivity contribution in [3.05, 3.63) is 209 Å². The second-order valence-electron chi connectivity index (χ2n) is 12.7. The van der Waals surface area contributed by atoms with E-state index in [2.05, 4.69) is 33.2 Å². The molecule has 0 spiro atoms. The van der Waals surface area contributed by atoms with Crippen LogP contribution in [-0.4, -0.2) is 15.0 Å². The monoisotopic (exact) mass is 950 g/mol. The predicted octanol–water partition coefficient (Wildman–Crippen LogP) is 12.0. The van der Waals surface area contributed by atoms with E-state index in [1.807, 2.05) is 0 Å². The third-order valence-corrected chi connectivity index (χ3v) is 8.89. The van der Waals surface area contributed by atoms with Gasteiger partial charge in [0.15, 0.2) is 0 Å². The summed E-state index contributed by atoms with van der Waals surface area (Å²) in [4.78, 5) is 13.0. The van der Waals surface area contributed by atoms with Gasteiger partial charge in [0.1, 0.15) is 11.4 Å². The fourth-order valence-corrected chi connectivity index (χ4v) is 6.10. The number of rotatable bonds is 12. The molecule has 58 heavy (non-hydrogen) atoms. The summed E-state index contributed by atoms with van der Waals surface area (Å²) in [6.45, 7) is -3.04. The maximum Gasteiger partial charge on any atom is 3.00 e. The number of aromatic nitrogens is 3. The van der Waals surface area contributed by atoms with E-state index in [1.54, 1.807) is 54.6 Å². The number of halogens is 1. The van der Waals surface area contributed by atoms with Crippen molar-refractivity contribution >= 4 is 21.9 Å². The summed E-state index contributed by atoms with van der Waals surface area (Å²) in [6, 6.07) is 34.3. The average Bonchev–Trinajstić information content (AvgIpc) is 3.76. The first-order chi connectivity index (χ1) is 34.6. The standard InChI is InChI=1S/C52H39FN3O.Ir/c1-35-27-50(42-11-6-3-7-12-42)56-34-43(35)22-19-40-29-38(17-15-36-20-25-48(54-32-36)41-9-4-2-5-10-41)28-39(30-40)18-16-37-21-26-49(55-33-37)47-14-8-13-46-45-24-23-44(53)31-51(45)57-52(46)47;/h2-9,11,13,20-21,23-34H,15-19,22H2,1H3;/q-3;+3/i1D3,15D2,16D2,17D2,18D2,19D2,22D2,23D,31D;. The third-order valence-electron chi connectivity index (χ3n) is 8.89. The number of fused-ring (bicyclic) bond motifs is 3. The van der Waals surface area contributed by atoms with Gasteiger partial charge >= 0.3 is 20.1 Å². The number of hydrogen-bond acceptors (Lipinski definition) is 4. The molecular weight excluding hydrogens is 894 g/mol. The minimum Gasteiger partial charge on any atom is -0.500 e. The van der Waals surface area contributed by atoms with Crippen molar-refractivity contribution in [1.82, 2.24) is 15.0 Å². The Kier molecular flexibility index (Phi) is 7.09. The maximum absolute atomic E-state index is 14.6. The number of aryl methyl sites for hydroxylation is 7. The van der Waals surface area contributed by atoms with Gasteiger partial charge in [-0.2, -0.15) is 0 Å². The Morgan fingerprint density at radius 1 is 0.621 bits per heavy atom. The molecule has 0 saturated heterocycles. The molecule has 0 bridgehead atoms. The first kappa shape index (κ1) is 23.4. The molecular formula is C52H39FIrN3O. The molecule has 0 fully saturated rings. The van der Waals surface area contributed by atoms with Crippen LogP contribution >= 0.6 is 0 Å². The Morgan fingerprint density at radius 2 is 1.24 bits per heavy atom. The number of pyridine rings is 3. The van der Waals surface area contributed by atoms with Crippen LogP contribution in [0.4, 0.5) is 4.39 Å². The van der Waals surface area contributed by atoms with Gasteiger partial charge in [-0.05, 0) is 108 Å². The molecule has 284 valence electrons. The van der Waals surface area contributed by atoms with Crippen molar-refractivity contribution in [3.63, 3.8) is 0 Å². The zero-order chi connectivity index (χ0) is 53.6. The van der Waals surface area contributed by atoms with Gasteiger partial charge < -0.3 is 19.4 Å². The van der Waals surface area contributed by atoms with E-state index >= 15 is 0 Å². The molecule has 0 amide bonds. The molecule has 6 heteroatoms. The Hall–Kier alpha value is -6.07. The molecule has 0 atom stereocenters. The van der Waals surface area contributed by atoms with Crippen LogP contribution in [0, 0.1) is 30.9 Å². The molecule has 0 aliphatic heterocycles. The first-order valence-corrected chi connectivity index (χ1v) is 17.7. The van der Waals surface area contributed by atoms with E-state index in [4.69, 9.17) is 11.3 Å². The SMILES string of the molecule is [2H]c1cc2c(oc3c(-c4ccc(C([2H])([2H])C([2H])([2H])c5cc(C([2H])([2H])C([2H])([2H])c6ccc(-c7[c-]cccc7)nc6)cc(C([2H])([2H])C([2H])([2H])c6cnc(-c7[c-]cccc7)cc6C([2H])([2H])[2H])c5)cn4)[c-]ccc32)c([2H])c1F.[Ir+3]. The van der Waals surface area contributed by atoms with Crippen LogP contribution in [0.15, 0.2) is 150 Å². The molecule has 0 saturated carbocycles. The molecule has 4 aromatic heterocycles. The smallest absolute Gasteiger partial charge is 0.500 e. The van der Waals surface area contributed by atoms with Gasteiger partial charge in [-0.3, -0.25) is 0 Å². The number of nitrogens with zero attached hydrogens (tertiary/aromatic N) is 3. The molecule has 0 aliphatic rings. The Balaban J connectivity index is 0.00000747. The number of hydrogen-bond donors (Lipinski definition) is 0. The summed E-state index contributed by atoms with van der Waals surface area (Å²) in [5.74, 6) is -1.08. The molecule has 9 aromatic rings. The molecule has 0 aliphatic carbocycles. The first-order valence-electron chi connectivity index (χ1n) is 26.2. The summed E-state index contributed by atoms with van der Waals surface area (Å²) in [5.41, 5.74) is -2.54. The Labute approximate surface area is 376 Å². The van der Waals surface area contributed by atoms with Gasteiger partial charge in [-0.15, -0.1) is 90.0 Å². The van der Waals surface area contributed by atoms with Crippen LogP contribution in [0.2, 0.25) is 0 Å². The number of benzene rings is 5. The van der Waals surface area contributed by atoms with Crippen LogP contribution < -0.4 is 0 Å². The van der Waals surface area contributed by atoms with Crippen LogP contribution in [-0.2, 0) is 58.3 Å². The third kappa shape index (κ3) is 8.74. The van der Waals surface area contributed by atoms with Crippen molar-refractivity contribution in [2.24, 2.45) is 0 Å². The second-order valence-corrected chi connectivity index (χ2v) is 12.7. The molecule has 4 heterocycles. The van der Waals surface area contributed by atoms with Crippen molar-refractivity contribution < 1.29 is 52.2 Å².